The fourth-order valence-electron chi connectivity index (χ4n) is 2.18. The van der Waals surface area contributed by atoms with Crippen LogP contribution in [0.4, 0.5) is 0 Å². The Morgan fingerprint density at radius 1 is 1.14 bits per heavy atom. The highest BCUT2D eigenvalue weighted by atomic mass is 79.9. The molecular weight excluding hydrogens is 340 g/mol. The summed E-state index contributed by atoms with van der Waals surface area (Å²) in [6.45, 7) is 18.1. The van der Waals surface area contributed by atoms with Gasteiger partial charge in [0.2, 0.25) is 0 Å². The van der Waals surface area contributed by atoms with Crippen LogP contribution in [0.15, 0.2) is 12.1 Å². The van der Waals surface area contributed by atoms with Gasteiger partial charge in [0.05, 0.1) is 0 Å². The minimum Gasteiger partial charge on any atom is -0.543 e. The topological polar surface area (TPSA) is 9.23 Å². The fourth-order valence-corrected chi connectivity index (χ4v) is 3.55. The van der Waals surface area contributed by atoms with Crippen molar-refractivity contribution < 1.29 is 4.43 Å². The van der Waals surface area contributed by atoms with Gasteiger partial charge < -0.3 is 4.43 Å². The summed E-state index contributed by atoms with van der Waals surface area (Å²) in [4.78, 5) is 0. The van der Waals surface area contributed by atoms with Gasteiger partial charge in [-0.05, 0) is 61.0 Å². The lowest BCUT2D eigenvalue weighted by atomic mass is 9.98. The van der Waals surface area contributed by atoms with Gasteiger partial charge in [0.15, 0.2) is 0 Å². The number of alkyl halides is 1. The molecule has 1 unspecified atom stereocenters. The van der Waals surface area contributed by atoms with Crippen molar-refractivity contribution in [2.45, 2.75) is 66.1 Å². The molecule has 0 saturated carbocycles. The molecule has 0 bridgehead atoms. The zero-order valence-electron chi connectivity index (χ0n) is 14.9. The lowest BCUT2D eigenvalue weighted by Gasteiger charge is -2.37. The van der Waals surface area contributed by atoms with E-state index >= 15 is 0 Å². The molecule has 0 aliphatic carbocycles. The second kappa shape index (κ2) is 6.87. The van der Waals surface area contributed by atoms with Crippen molar-refractivity contribution in [3.05, 3.63) is 28.8 Å². The summed E-state index contributed by atoms with van der Waals surface area (Å²) in [5, 5.41) is 1.28. The van der Waals surface area contributed by atoms with Crippen LogP contribution in [-0.4, -0.2) is 13.6 Å². The molecule has 1 aromatic rings. The Labute approximate surface area is 140 Å². The van der Waals surface area contributed by atoms with Crippen LogP contribution in [0, 0.1) is 19.8 Å². The van der Waals surface area contributed by atoms with Crippen LogP contribution < -0.4 is 4.43 Å². The molecule has 0 amide bonds. The van der Waals surface area contributed by atoms with Crippen LogP contribution in [0.25, 0.3) is 0 Å². The molecule has 1 nitrogen and oxygen atoms in total. The molecule has 1 rings (SSSR count). The van der Waals surface area contributed by atoms with E-state index in [0.29, 0.717) is 5.92 Å². The van der Waals surface area contributed by atoms with Gasteiger partial charge in [0.25, 0.3) is 8.32 Å². The molecule has 3 heteroatoms. The summed E-state index contributed by atoms with van der Waals surface area (Å²) in [7, 11) is -1.77. The smallest absolute Gasteiger partial charge is 0.250 e. The van der Waals surface area contributed by atoms with E-state index in [4.69, 9.17) is 4.43 Å². The fraction of sp³-hybridized carbons (Fsp3) is 0.667. The first kappa shape index (κ1) is 18.8. The minimum atomic E-state index is -1.77. The Balaban J connectivity index is 3.06. The molecule has 1 aromatic carbocycles. The zero-order valence-corrected chi connectivity index (χ0v) is 17.5. The first-order valence-electron chi connectivity index (χ1n) is 7.83. The zero-order chi connectivity index (χ0) is 16.4. The summed E-state index contributed by atoms with van der Waals surface area (Å²) < 4.78 is 6.54. The summed E-state index contributed by atoms with van der Waals surface area (Å²) in [5.74, 6) is 1.77. The number of aryl methyl sites for hydroxylation is 2. The van der Waals surface area contributed by atoms with Gasteiger partial charge in [0, 0.05) is 5.33 Å². The predicted molar refractivity (Wildman–Crippen MR) is 100 cm³/mol. The number of hydrogen-bond acceptors (Lipinski definition) is 1. The van der Waals surface area contributed by atoms with Crippen LogP contribution in [-0.2, 0) is 6.42 Å². The standard InChI is InChI=1S/C18H31BrOSi/c1-13(12-19)9-16-10-14(2)17(15(3)11-16)20-21(7,8)18(4,5)6/h10-11,13H,9,12H2,1-8H3. The molecule has 0 aliphatic rings. The summed E-state index contributed by atoms with van der Waals surface area (Å²) >= 11 is 3.57. The average Bonchev–Trinajstić information content (AvgIpc) is 2.32. The Kier molecular flexibility index (Phi) is 6.14. The first-order valence-corrected chi connectivity index (χ1v) is 11.9. The van der Waals surface area contributed by atoms with Crippen molar-refractivity contribution in [3.63, 3.8) is 0 Å². The molecule has 120 valence electrons. The van der Waals surface area contributed by atoms with E-state index in [1.54, 1.807) is 0 Å². The van der Waals surface area contributed by atoms with Crippen molar-refractivity contribution in [3.8, 4) is 5.75 Å². The van der Waals surface area contributed by atoms with E-state index in [-0.39, 0.29) is 5.04 Å². The SMILES string of the molecule is Cc1cc(CC(C)CBr)cc(C)c1O[Si](C)(C)C(C)(C)C. The third-order valence-corrected chi connectivity index (χ3v) is 9.96. The highest BCUT2D eigenvalue weighted by molar-refractivity contribution is 9.09. The molecule has 0 heterocycles. The third kappa shape index (κ3) is 4.85. The lowest BCUT2D eigenvalue weighted by Crippen LogP contribution is -2.44. The van der Waals surface area contributed by atoms with Crippen LogP contribution in [0.3, 0.4) is 0 Å². The number of rotatable bonds is 5. The third-order valence-electron chi connectivity index (χ3n) is 4.53. The molecule has 0 radical (unpaired) electrons. The largest absolute Gasteiger partial charge is 0.543 e. The molecule has 0 spiro atoms. The van der Waals surface area contributed by atoms with Crippen molar-refractivity contribution in [1.29, 1.82) is 0 Å². The van der Waals surface area contributed by atoms with Crippen LogP contribution in [0.2, 0.25) is 18.1 Å². The maximum Gasteiger partial charge on any atom is 0.250 e. The molecule has 0 aromatic heterocycles. The van der Waals surface area contributed by atoms with E-state index in [9.17, 15) is 0 Å². The van der Waals surface area contributed by atoms with Gasteiger partial charge >= 0.3 is 0 Å². The molecule has 0 aliphatic heterocycles. The second-order valence-corrected chi connectivity index (χ2v) is 13.3. The number of hydrogen-bond donors (Lipinski definition) is 0. The summed E-state index contributed by atoms with van der Waals surface area (Å²) in [5.41, 5.74) is 3.97. The van der Waals surface area contributed by atoms with Crippen molar-refractivity contribution in [1.82, 2.24) is 0 Å². The maximum absolute atomic E-state index is 6.54. The van der Waals surface area contributed by atoms with Crippen molar-refractivity contribution in [2.24, 2.45) is 5.92 Å². The second-order valence-electron chi connectivity index (χ2n) is 7.88. The number of halogens is 1. The summed E-state index contributed by atoms with van der Waals surface area (Å²) in [6, 6.07) is 4.60. The van der Waals surface area contributed by atoms with E-state index in [0.717, 1.165) is 17.5 Å². The first-order chi connectivity index (χ1) is 9.48. The minimum absolute atomic E-state index is 0.231. The normalized spacial score (nSPS) is 14.1. The number of benzene rings is 1. The molecule has 0 fully saturated rings. The van der Waals surface area contributed by atoms with Crippen LogP contribution in [0.1, 0.15) is 44.4 Å². The van der Waals surface area contributed by atoms with Gasteiger partial charge in [0.1, 0.15) is 5.75 Å². The van der Waals surface area contributed by atoms with Crippen molar-refractivity contribution >= 4 is 24.2 Å². The monoisotopic (exact) mass is 370 g/mol. The van der Waals surface area contributed by atoms with Gasteiger partial charge in [-0.25, -0.2) is 0 Å². The Morgan fingerprint density at radius 3 is 2.00 bits per heavy atom. The highest BCUT2D eigenvalue weighted by Crippen LogP contribution is 2.39. The van der Waals surface area contributed by atoms with Crippen LogP contribution in [0.5, 0.6) is 5.75 Å². The van der Waals surface area contributed by atoms with Gasteiger partial charge in [-0.3, -0.25) is 0 Å². The van der Waals surface area contributed by atoms with E-state index in [1.165, 1.54) is 16.7 Å². The summed E-state index contributed by atoms with van der Waals surface area (Å²) in [6.07, 6.45) is 1.12. The van der Waals surface area contributed by atoms with E-state index < -0.39 is 8.32 Å². The Bertz CT molecular complexity index is 465. The molecule has 0 N–H and O–H groups in total. The Hall–Kier alpha value is -0.283. The molecule has 0 saturated heterocycles. The predicted octanol–water partition coefficient (Wildman–Crippen LogP) is 6.26. The lowest BCUT2D eigenvalue weighted by molar-refractivity contribution is 0.486. The van der Waals surface area contributed by atoms with Gasteiger partial charge in [-0.1, -0.05) is 55.8 Å². The van der Waals surface area contributed by atoms with Crippen molar-refractivity contribution in [2.75, 3.05) is 5.33 Å². The van der Waals surface area contributed by atoms with Gasteiger partial charge in [-0.2, -0.15) is 0 Å². The molecule has 1 atom stereocenters. The quantitative estimate of drug-likeness (QED) is 0.438. The molecular formula is C18H31BrOSi. The maximum atomic E-state index is 6.54. The van der Waals surface area contributed by atoms with Gasteiger partial charge in [-0.15, -0.1) is 0 Å². The molecule has 21 heavy (non-hydrogen) atoms. The average molecular weight is 371 g/mol. The van der Waals surface area contributed by atoms with E-state index in [1.807, 2.05) is 0 Å². The van der Waals surface area contributed by atoms with E-state index in [2.05, 4.69) is 82.7 Å². The Morgan fingerprint density at radius 2 is 1.62 bits per heavy atom. The highest BCUT2D eigenvalue weighted by Gasteiger charge is 2.39. The van der Waals surface area contributed by atoms with Crippen LogP contribution >= 0.6 is 15.9 Å².